The molecule has 0 saturated carbocycles. The van der Waals surface area contributed by atoms with E-state index < -0.39 is 0 Å². The van der Waals surface area contributed by atoms with E-state index in [1.807, 2.05) is 56.3 Å². The molecule has 37 heavy (non-hydrogen) atoms. The first-order valence-corrected chi connectivity index (χ1v) is 13.1. The Kier molecular flexibility index (Phi) is 8.63. The van der Waals surface area contributed by atoms with Crippen molar-refractivity contribution in [2.45, 2.75) is 58.7 Å². The Morgan fingerprint density at radius 3 is 2.41 bits per heavy atom. The minimum atomic E-state index is -0.319. The molecular weight excluding hydrogens is 485 g/mol. The summed E-state index contributed by atoms with van der Waals surface area (Å²) in [6.07, 6.45) is 0.245. The molecule has 0 radical (unpaired) electrons. The second-order valence-electron chi connectivity index (χ2n) is 9.80. The molecule has 0 fully saturated rings. The highest BCUT2D eigenvalue weighted by Gasteiger charge is 2.16. The number of aryl methyl sites for hydroxylation is 1. The van der Waals surface area contributed by atoms with Crippen LogP contribution in [0, 0.1) is 5.82 Å². The van der Waals surface area contributed by atoms with Crippen LogP contribution in [0.1, 0.15) is 62.9 Å². The van der Waals surface area contributed by atoms with Crippen LogP contribution in [0.25, 0.3) is 21.9 Å². The van der Waals surface area contributed by atoms with E-state index in [0.717, 1.165) is 38.0 Å². The van der Waals surface area contributed by atoms with Gasteiger partial charge in [-0.1, -0.05) is 54.1 Å². The van der Waals surface area contributed by atoms with Crippen LogP contribution in [0.5, 0.6) is 0 Å². The second-order valence-corrected chi connectivity index (χ2v) is 10.2. The van der Waals surface area contributed by atoms with Crippen LogP contribution in [-0.2, 0) is 16.0 Å². The molecule has 0 saturated heterocycles. The van der Waals surface area contributed by atoms with Crippen LogP contribution in [-0.4, -0.2) is 12.1 Å². The third-order valence-corrected chi connectivity index (χ3v) is 6.79. The Balaban J connectivity index is 1.65. The van der Waals surface area contributed by atoms with E-state index in [2.05, 4.69) is 49.5 Å². The van der Waals surface area contributed by atoms with Crippen LogP contribution in [0.15, 0.2) is 78.9 Å². The highest BCUT2D eigenvalue weighted by atomic mass is 35.5. The van der Waals surface area contributed by atoms with Gasteiger partial charge in [0.05, 0.1) is 6.10 Å². The zero-order valence-corrected chi connectivity index (χ0v) is 22.5. The van der Waals surface area contributed by atoms with Crippen LogP contribution < -0.4 is 5.32 Å². The van der Waals surface area contributed by atoms with E-state index in [1.165, 1.54) is 6.07 Å². The molecule has 2 atom stereocenters. The van der Waals surface area contributed by atoms with Crippen molar-refractivity contribution in [2.75, 3.05) is 0 Å². The molecule has 0 aliphatic carbocycles. The number of esters is 1. The molecule has 0 aliphatic rings. The van der Waals surface area contributed by atoms with Gasteiger partial charge < -0.3 is 10.1 Å². The van der Waals surface area contributed by atoms with Crippen molar-refractivity contribution in [3.63, 3.8) is 0 Å². The Labute approximate surface area is 223 Å². The Hall–Kier alpha value is -3.21. The molecular formula is C32H33ClFNO2. The van der Waals surface area contributed by atoms with Gasteiger partial charge in [-0.15, -0.1) is 0 Å². The fourth-order valence-corrected chi connectivity index (χ4v) is 4.86. The average Bonchev–Trinajstić information content (AvgIpc) is 2.87. The van der Waals surface area contributed by atoms with Crippen molar-refractivity contribution in [3.8, 4) is 11.1 Å². The average molecular weight is 518 g/mol. The zero-order valence-electron chi connectivity index (χ0n) is 21.7. The Morgan fingerprint density at radius 1 is 0.892 bits per heavy atom. The first-order chi connectivity index (χ1) is 17.7. The number of carbonyl (C=O) groups excluding carboxylic acids is 1. The number of carbonyl (C=O) groups is 1. The summed E-state index contributed by atoms with van der Waals surface area (Å²) in [6, 6.07) is 25.8. The standard InChI is InChI=1S/C32H33ClFNO2/c1-20(2)37-32(36)15-13-26-16-25(12-14-31(26)34)30-19-27(17-24-8-5-6-11-29(24)30)22(4)35-21(3)23-9-7-10-28(33)18-23/h5-12,14,16-22,35H,13,15H2,1-4H3/t21-,22?/m1/s1. The van der Waals surface area contributed by atoms with Gasteiger partial charge in [-0.25, -0.2) is 4.39 Å². The summed E-state index contributed by atoms with van der Waals surface area (Å²) in [5.41, 5.74) is 4.71. The zero-order chi connectivity index (χ0) is 26.5. The van der Waals surface area contributed by atoms with Crippen LogP contribution >= 0.6 is 11.6 Å². The lowest BCUT2D eigenvalue weighted by atomic mass is 9.92. The van der Waals surface area contributed by atoms with Crippen molar-refractivity contribution < 1.29 is 13.9 Å². The molecule has 0 aliphatic heterocycles. The molecule has 0 amide bonds. The van der Waals surface area contributed by atoms with Gasteiger partial charge in [0.15, 0.2) is 0 Å². The highest BCUT2D eigenvalue weighted by Crippen LogP contribution is 2.34. The summed E-state index contributed by atoms with van der Waals surface area (Å²) in [5, 5.41) is 6.61. The fraction of sp³-hybridized carbons (Fsp3) is 0.281. The maximum atomic E-state index is 14.7. The van der Waals surface area contributed by atoms with Gasteiger partial charge >= 0.3 is 5.97 Å². The second kappa shape index (κ2) is 11.9. The SMILES string of the molecule is CC(C)OC(=O)CCc1cc(-c2cc(C(C)N[C@H](C)c3cccc(Cl)c3)cc3ccccc23)ccc1F. The van der Waals surface area contributed by atoms with Gasteiger partial charge in [-0.3, -0.25) is 4.79 Å². The normalized spacial score (nSPS) is 13.1. The molecule has 0 heterocycles. The molecule has 4 rings (SSSR count). The van der Waals surface area contributed by atoms with Gasteiger partial charge in [0, 0.05) is 23.5 Å². The van der Waals surface area contributed by atoms with Crippen LogP contribution in [0.2, 0.25) is 5.02 Å². The number of hydrogen-bond donors (Lipinski definition) is 1. The lowest BCUT2D eigenvalue weighted by Crippen LogP contribution is -2.22. The Morgan fingerprint density at radius 2 is 1.65 bits per heavy atom. The molecule has 1 unspecified atom stereocenters. The van der Waals surface area contributed by atoms with E-state index in [4.69, 9.17) is 16.3 Å². The summed E-state index contributed by atoms with van der Waals surface area (Å²) in [7, 11) is 0. The van der Waals surface area contributed by atoms with Crippen molar-refractivity contribution >= 4 is 28.3 Å². The van der Waals surface area contributed by atoms with Crippen molar-refractivity contribution in [2.24, 2.45) is 0 Å². The first kappa shape index (κ1) is 26.8. The van der Waals surface area contributed by atoms with Crippen LogP contribution in [0.4, 0.5) is 4.39 Å². The number of ether oxygens (including phenoxy) is 1. The van der Waals surface area contributed by atoms with E-state index in [-0.39, 0.29) is 42.8 Å². The number of fused-ring (bicyclic) bond motifs is 1. The van der Waals surface area contributed by atoms with Crippen molar-refractivity contribution in [1.82, 2.24) is 5.32 Å². The molecule has 0 aromatic heterocycles. The molecule has 4 aromatic rings. The predicted octanol–water partition coefficient (Wildman–Crippen LogP) is 8.60. The summed E-state index contributed by atoms with van der Waals surface area (Å²) in [5.74, 6) is -0.632. The van der Waals surface area contributed by atoms with Crippen LogP contribution in [0.3, 0.4) is 0 Å². The minimum Gasteiger partial charge on any atom is -0.463 e. The maximum Gasteiger partial charge on any atom is 0.306 e. The van der Waals surface area contributed by atoms with Gasteiger partial charge in [0.25, 0.3) is 0 Å². The summed E-state index contributed by atoms with van der Waals surface area (Å²) in [4.78, 5) is 12.0. The van der Waals surface area contributed by atoms with E-state index in [0.29, 0.717) is 5.56 Å². The van der Waals surface area contributed by atoms with E-state index >= 15 is 0 Å². The monoisotopic (exact) mass is 517 g/mol. The first-order valence-electron chi connectivity index (χ1n) is 12.7. The molecule has 0 bridgehead atoms. The third-order valence-electron chi connectivity index (χ3n) is 6.56. The van der Waals surface area contributed by atoms with Crippen molar-refractivity contribution in [3.05, 3.63) is 106 Å². The number of hydrogen-bond acceptors (Lipinski definition) is 3. The number of benzene rings is 4. The molecule has 0 spiro atoms. The molecule has 1 N–H and O–H groups in total. The third kappa shape index (κ3) is 6.76. The number of rotatable bonds is 9. The molecule has 4 aromatic carbocycles. The number of halogens is 2. The van der Waals surface area contributed by atoms with Crippen molar-refractivity contribution in [1.29, 1.82) is 0 Å². The van der Waals surface area contributed by atoms with E-state index in [1.54, 1.807) is 0 Å². The van der Waals surface area contributed by atoms with Gasteiger partial charge in [-0.2, -0.15) is 0 Å². The summed E-state index contributed by atoms with van der Waals surface area (Å²) >= 11 is 6.20. The van der Waals surface area contributed by atoms with E-state index in [9.17, 15) is 9.18 Å². The lowest BCUT2D eigenvalue weighted by Gasteiger charge is -2.22. The largest absolute Gasteiger partial charge is 0.463 e. The lowest BCUT2D eigenvalue weighted by molar-refractivity contribution is -0.147. The summed E-state index contributed by atoms with van der Waals surface area (Å²) in [6.45, 7) is 7.89. The molecule has 5 heteroatoms. The molecule has 192 valence electrons. The van der Waals surface area contributed by atoms with Gasteiger partial charge in [-0.05, 0) is 109 Å². The number of nitrogens with one attached hydrogen (secondary N) is 1. The topological polar surface area (TPSA) is 38.3 Å². The smallest absolute Gasteiger partial charge is 0.306 e. The highest BCUT2D eigenvalue weighted by molar-refractivity contribution is 6.30. The predicted molar refractivity (Wildman–Crippen MR) is 150 cm³/mol. The van der Waals surface area contributed by atoms with Gasteiger partial charge in [0.1, 0.15) is 5.82 Å². The fourth-order valence-electron chi connectivity index (χ4n) is 4.66. The Bertz CT molecular complexity index is 1400. The molecule has 3 nitrogen and oxygen atoms in total. The van der Waals surface area contributed by atoms with Gasteiger partial charge in [0.2, 0.25) is 0 Å². The maximum absolute atomic E-state index is 14.7. The minimum absolute atomic E-state index is 0.0584. The summed E-state index contributed by atoms with van der Waals surface area (Å²) < 4.78 is 19.9. The quantitative estimate of drug-likeness (QED) is 0.226.